The van der Waals surface area contributed by atoms with Gasteiger partial charge in [-0.25, -0.2) is 0 Å². The van der Waals surface area contributed by atoms with Crippen LogP contribution in [0.2, 0.25) is 0 Å². The van der Waals surface area contributed by atoms with Crippen molar-refractivity contribution >= 4 is 22.6 Å². The number of rotatable bonds is 2. The van der Waals surface area contributed by atoms with Crippen LogP contribution in [0.5, 0.6) is 17.4 Å². The lowest BCUT2D eigenvalue weighted by molar-refractivity contribution is -0.276. The number of nitrogens with zero attached hydrogens (tertiary/aromatic N) is 1. The Kier molecular flexibility index (Phi) is 3.47. The van der Waals surface area contributed by atoms with Crippen molar-refractivity contribution in [3.05, 3.63) is 9.77 Å². The van der Waals surface area contributed by atoms with E-state index >= 15 is 0 Å². The molecule has 0 amide bonds. The van der Waals surface area contributed by atoms with E-state index in [4.69, 9.17) is 5.11 Å². The Morgan fingerprint density at radius 1 is 1.47 bits per heavy atom. The second kappa shape index (κ2) is 4.29. The average Bonchev–Trinajstić information content (AvgIpc) is 2.08. The van der Waals surface area contributed by atoms with E-state index < -0.39 is 12.2 Å². The van der Waals surface area contributed by atoms with Gasteiger partial charge in [-0.15, -0.1) is 13.2 Å². The van der Waals surface area contributed by atoms with Crippen molar-refractivity contribution in [3.63, 3.8) is 0 Å². The summed E-state index contributed by atoms with van der Waals surface area (Å²) in [5.41, 5.74) is 0. The molecule has 0 radical (unpaired) electrons. The highest BCUT2D eigenvalue weighted by atomic mass is 127. The second-order valence-electron chi connectivity index (χ2n) is 2.35. The van der Waals surface area contributed by atoms with Gasteiger partial charge in [-0.1, -0.05) is 0 Å². The lowest BCUT2D eigenvalue weighted by Crippen LogP contribution is -2.18. The normalized spacial score (nSPS) is 11.3. The summed E-state index contributed by atoms with van der Waals surface area (Å²) in [6.07, 6.45) is -4.85. The van der Waals surface area contributed by atoms with Gasteiger partial charge in [-0.05, 0) is 22.6 Å². The van der Waals surface area contributed by atoms with Gasteiger partial charge >= 0.3 is 6.36 Å². The lowest BCUT2D eigenvalue weighted by Gasteiger charge is -2.11. The minimum absolute atomic E-state index is 0.00681. The summed E-state index contributed by atoms with van der Waals surface area (Å²) < 4.78 is 43.9. The number of alkyl halides is 3. The fraction of sp³-hybridized carbons (Fsp3) is 0.286. The van der Waals surface area contributed by atoms with Crippen molar-refractivity contribution in [2.24, 2.45) is 0 Å². The van der Waals surface area contributed by atoms with Crippen LogP contribution >= 0.6 is 22.6 Å². The zero-order valence-electron chi connectivity index (χ0n) is 7.30. The van der Waals surface area contributed by atoms with Gasteiger partial charge in [-0.2, -0.15) is 4.98 Å². The maximum atomic E-state index is 11.9. The molecule has 0 fully saturated rings. The van der Waals surface area contributed by atoms with E-state index in [1.807, 2.05) is 0 Å². The molecule has 0 spiro atoms. The highest BCUT2D eigenvalue weighted by Gasteiger charge is 2.33. The molecule has 1 rings (SSSR count). The summed E-state index contributed by atoms with van der Waals surface area (Å²) in [5, 5.41) is 9.17. The predicted molar refractivity (Wildman–Crippen MR) is 51.9 cm³/mol. The topological polar surface area (TPSA) is 51.6 Å². The van der Waals surface area contributed by atoms with Crippen molar-refractivity contribution in [2.75, 3.05) is 7.11 Å². The summed E-state index contributed by atoms with van der Waals surface area (Å²) >= 11 is 1.57. The summed E-state index contributed by atoms with van der Waals surface area (Å²) in [7, 11) is 1.15. The third kappa shape index (κ3) is 3.29. The first kappa shape index (κ1) is 12.1. The molecular formula is C7H5F3INO3. The van der Waals surface area contributed by atoms with Gasteiger partial charge < -0.3 is 14.6 Å². The van der Waals surface area contributed by atoms with Gasteiger partial charge in [0.25, 0.3) is 5.88 Å². The van der Waals surface area contributed by atoms with E-state index in [0.717, 1.165) is 13.2 Å². The number of ether oxygens (including phenoxy) is 2. The van der Waals surface area contributed by atoms with Crippen LogP contribution in [-0.4, -0.2) is 23.6 Å². The third-order valence-corrected chi connectivity index (χ3v) is 2.12. The van der Waals surface area contributed by atoms with Crippen LogP contribution < -0.4 is 9.47 Å². The van der Waals surface area contributed by atoms with E-state index in [1.165, 1.54) is 0 Å². The zero-order valence-corrected chi connectivity index (χ0v) is 9.46. The summed E-state index contributed by atoms with van der Waals surface area (Å²) in [5.74, 6) is -1.29. The standard InChI is InChI=1S/C7H5F3INO3/c1-14-4-2-3(13)5(11)12-6(4)15-7(8,9)10/h2,13H,1H3. The number of hydrogen-bond donors (Lipinski definition) is 1. The molecule has 0 aliphatic rings. The Bertz CT molecular complexity index is 369. The third-order valence-electron chi connectivity index (χ3n) is 1.32. The molecule has 84 valence electrons. The molecule has 1 heterocycles. The zero-order chi connectivity index (χ0) is 11.6. The number of halogens is 4. The predicted octanol–water partition coefficient (Wildman–Crippen LogP) is 2.30. The van der Waals surface area contributed by atoms with Crippen LogP contribution in [0, 0.1) is 3.70 Å². The van der Waals surface area contributed by atoms with Crippen molar-refractivity contribution in [2.45, 2.75) is 6.36 Å². The summed E-state index contributed by atoms with van der Waals surface area (Å²) in [6, 6.07) is 0.996. The van der Waals surface area contributed by atoms with E-state index in [9.17, 15) is 13.2 Å². The fourth-order valence-electron chi connectivity index (χ4n) is 0.776. The number of hydrogen-bond acceptors (Lipinski definition) is 4. The van der Waals surface area contributed by atoms with Crippen LogP contribution in [0.25, 0.3) is 0 Å². The molecule has 0 aromatic carbocycles. The molecule has 0 aliphatic heterocycles. The first-order valence-electron chi connectivity index (χ1n) is 3.52. The summed E-state index contributed by atoms with van der Waals surface area (Å²) in [4.78, 5) is 3.40. The van der Waals surface area contributed by atoms with Crippen LogP contribution in [0.3, 0.4) is 0 Å². The Balaban J connectivity index is 3.11. The molecule has 0 saturated carbocycles. The molecule has 0 unspecified atom stereocenters. The first-order valence-corrected chi connectivity index (χ1v) is 4.60. The Morgan fingerprint density at radius 2 is 2.07 bits per heavy atom. The molecule has 1 N–H and O–H groups in total. The summed E-state index contributed by atoms with van der Waals surface area (Å²) in [6.45, 7) is 0. The van der Waals surface area contributed by atoms with Gasteiger partial charge in [0.2, 0.25) is 0 Å². The smallest absolute Gasteiger partial charge is 0.505 e. The Hall–Kier alpha value is -0.930. The van der Waals surface area contributed by atoms with E-state index in [-0.39, 0.29) is 15.2 Å². The second-order valence-corrected chi connectivity index (χ2v) is 3.38. The quantitative estimate of drug-likeness (QED) is 0.666. The van der Waals surface area contributed by atoms with Gasteiger partial charge in [0, 0.05) is 6.07 Å². The molecule has 8 heteroatoms. The molecule has 15 heavy (non-hydrogen) atoms. The molecule has 4 nitrogen and oxygen atoms in total. The van der Waals surface area contributed by atoms with E-state index in [0.29, 0.717) is 0 Å². The molecular weight excluding hydrogens is 330 g/mol. The van der Waals surface area contributed by atoms with E-state index in [2.05, 4.69) is 14.5 Å². The number of pyridine rings is 1. The van der Waals surface area contributed by atoms with Crippen molar-refractivity contribution in [3.8, 4) is 17.4 Å². The molecule has 0 saturated heterocycles. The number of methoxy groups -OCH3 is 1. The van der Waals surface area contributed by atoms with Crippen LogP contribution in [0.4, 0.5) is 13.2 Å². The van der Waals surface area contributed by atoms with Crippen LogP contribution in [0.1, 0.15) is 0 Å². The average molecular weight is 335 g/mol. The van der Waals surface area contributed by atoms with Crippen molar-refractivity contribution in [1.29, 1.82) is 0 Å². The minimum Gasteiger partial charge on any atom is -0.505 e. The minimum atomic E-state index is -4.85. The first-order chi connectivity index (χ1) is 6.83. The Labute approximate surface area is 96.2 Å². The molecule has 0 aliphatic carbocycles. The van der Waals surface area contributed by atoms with E-state index in [1.54, 1.807) is 22.6 Å². The molecule has 0 bridgehead atoms. The number of aromatic nitrogens is 1. The molecule has 1 aromatic heterocycles. The van der Waals surface area contributed by atoms with Gasteiger partial charge in [0.05, 0.1) is 7.11 Å². The van der Waals surface area contributed by atoms with Gasteiger partial charge in [0.15, 0.2) is 11.5 Å². The monoisotopic (exact) mass is 335 g/mol. The SMILES string of the molecule is COc1cc(O)c(I)nc1OC(F)(F)F. The maximum absolute atomic E-state index is 11.9. The van der Waals surface area contributed by atoms with Crippen LogP contribution in [-0.2, 0) is 0 Å². The maximum Gasteiger partial charge on any atom is 0.574 e. The lowest BCUT2D eigenvalue weighted by atomic mass is 10.4. The van der Waals surface area contributed by atoms with Gasteiger partial charge in [0.1, 0.15) is 3.70 Å². The largest absolute Gasteiger partial charge is 0.574 e. The molecule has 0 atom stereocenters. The van der Waals surface area contributed by atoms with Crippen LogP contribution in [0.15, 0.2) is 6.07 Å². The van der Waals surface area contributed by atoms with Gasteiger partial charge in [-0.3, -0.25) is 0 Å². The highest BCUT2D eigenvalue weighted by molar-refractivity contribution is 14.1. The molecule has 1 aromatic rings. The highest BCUT2D eigenvalue weighted by Crippen LogP contribution is 2.34. The van der Waals surface area contributed by atoms with Crippen molar-refractivity contribution in [1.82, 2.24) is 4.98 Å². The van der Waals surface area contributed by atoms with Crippen molar-refractivity contribution < 1.29 is 27.8 Å². The number of aromatic hydroxyl groups is 1. The fourth-order valence-corrected chi connectivity index (χ4v) is 1.15. The Morgan fingerprint density at radius 3 is 2.53 bits per heavy atom.